The van der Waals surface area contributed by atoms with E-state index in [9.17, 15) is 0 Å². The summed E-state index contributed by atoms with van der Waals surface area (Å²) < 4.78 is 10.2. The molecule has 0 bridgehead atoms. The van der Waals surface area contributed by atoms with Crippen molar-refractivity contribution in [3.05, 3.63) is 30.7 Å². The Morgan fingerprint density at radius 1 is 1.20 bits per heavy atom. The summed E-state index contributed by atoms with van der Waals surface area (Å²) in [5, 5.41) is 0. The van der Waals surface area contributed by atoms with Crippen LogP contribution in [0, 0.1) is 6.92 Å². The van der Waals surface area contributed by atoms with Gasteiger partial charge in [0.2, 0.25) is 6.79 Å². The summed E-state index contributed by atoms with van der Waals surface area (Å²) in [6.07, 6.45) is 0. The van der Waals surface area contributed by atoms with E-state index in [0.29, 0.717) is 6.79 Å². The van der Waals surface area contributed by atoms with Gasteiger partial charge in [-0.15, -0.1) is 0 Å². The quantitative estimate of drug-likeness (QED) is 0.538. The van der Waals surface area contributed by atoms with E-state index in [-0.39, 0.29) is 0 Å². The molecule has 2 heteroatoms. The predicted molar refractivity (Wildman–Crippen MR) is 37.0 cm³/mol. The lowest BCUT2D eigenvalue weighted by Crippen LogP contribution is -1.92. The highest BCUT2D eigenvalue weighted by molar-refractivity contribution is 5.45. The van der Waals surface area contributed by atoms with E-state index in [0.717, 1.165) is 17.1 Å². The first-order chi connectivity index (χ1) is 4.86. The smallest absolute Gasteiger partial charge is 0.231 e. The van der Waals surface area contributed by atoms with E-state index in [2.05, 4.69) is 6.92 Å². The summed E-state index contributed by atoms with van der Waals surface area (Å²) in [5.41, 5.74) is 0.948. The average Bonchev–Trinajstić information content (AvgIpc) is 2.33. The molecule has 0 aliphatic carbocycles. The van der Waals surface area contributed by atoms with Crippen LogP contribution in [0.2, 0.25) is 0 Å². The van der Waals surface area contributed by atoms with Crippen LogP contribution < -0.4 is 9.47 Å². The Hall–Kier alpha value is -1.18. The topological polar surface area (TPSA) is 18.5 Å². The van der Waals surface area contributed by atoms with E-state index in [4.69, 9.17) is 9.47 Å². The molecule has 1 aromatic carbocycles. The molecule has 0 spiro atoms. The van der Waals surface area contributed by atoms with Gasteiger partial charge in [0.05, 0.1) is 0 Å². The minimum absolute atomic E-state index is 0.332. The van der Waals surface area contributed by atoms with Crippen LogP contribution in [0.15, 0.2) is 18.2 Å². The van der Waals surface area contributed by atoms with Crippen LogP contribution in [-0.4, -0.2) is 6.79 Å². The zero-order chi connectivity index (χ0) is 6.97. The van der Waals surface area contributed by atoms with Gasteiger partial charge in [-0.05, 0) is 24.6 Å². The summed E-state index contributed by atoms with van der Waals surface area (Å²) >= 11 is 0. The van der Waals surface area contributed by atoms with Gasteiger partial charge in [0.25, 0.3) is 0 Å². The molecule has 1 radical (unpaired) electrons. The van der Waals surface area contributed by atoms with Crippen molar-refractivity contribution in [3.63, 3.8) is 0 Å². The normalized spacial score (nSPS) is 13.7. The molecule has 10 heavy (non-hydrogen) atoms. The highest BCUT2D eigenvalue weighted by Gasteiger charge is 2.11. The molecule has 1 aliphatic rings. The fourth-order valence-corrected chi connectivity index (χ4v) is 0.941. The lowest BCUT2D eigenvalue weighted by Gasteiger charge is -1.94. The molecule has 1 heterocycles. The molecule has 0 fully saturated rings. The van der Waals surface area contributed by atoms with Gasteiger partial charge in [-0.1, -0.05) is 6.07 Å². The fourth-order valence-electron chi connectivity index (χ4n) is 0.941. The van der Waals surface area contributed by atoms with Crippen molar-refractivity contribution in [1.29, 1.82) is 0 Å². The second kappa shape index (κ2) is 1.90. The lowest BCUT2D eigenvalue weighted by molar-refractivity contribution is 0.174. The zero-order valence-electron chi connectivity index (χ0n) is 5.46. The molecule has 2 rings (SSSR count). The van der Waals surface area contributed by atoms with Crippen LogP contribution in [0.25, 0.3) is 0 Å². The maximum atomic E-state index is 5.12. The fraction of sp³-hybridized carbons (Fsp3) is 0.125. The second-order valence-electron chi connectivity index (χ2n) is 2.19. The van der Waals surface area contributed by atoms with Gasteiger partial charge in [-0.2, -0.15) is 0 Å². The van der Waals surface area contributed by atoms with Gasteiger partial charge in [-0.3, -0.25) is 0 Å². The summed E-state index contributed by atoms with van der Waals surface area (Å²) in [5.74, 6) is 1.61. The predicted octanol–water partition coefficient (Wildman–Crippen LogP) is 1.60. The van der Waals surface area contributed by atoms with Crippen molar-refractivity contribution in [2.24, 2.45) is 0 Å². The molecule has 0 unspecified atom stereocenters. The first-order valence-corrected chi connectivity index (χ1v) is 3.08. The van der Waals surface area contributed by atoms with Gasteiger partial charge in [0, 0.05) is 0 Å². The van der Waals surface area contributed by atoms with Crippen molar-refractivity contribution in [2.75, 3.05) is 6.79 Å². The van der Waals surface area contributed by atoms with E-state index < -0.39 is 0 Å². The van der Waals surface area contributed by atoms with E-state index >= 15 is 0 Å². The van der Waals surface area contributed by atoms with E-state index in [1.165, 1.54) is 0 Å². The number of benzene rings is 1. The highest BCUT2D eigenvalue weighted by Crippen LogP contribution is 2.31. The first kappa shape index (κ1) is 5.59. The third-order valence-electron chi connectivity index (χ3n) is 1.44. The molecule has 0 saturated heterocycles. The van der Waals surface area contributed by atoms with Crippen LogP contribution in [0.4, 0.5) is 0 Å². The molecule has 1 aromatic rings. The number of hydrogen-bond acceptors (Lipinski definition) is 2. The minimum atomic E-state index is 0.332. The second-order valence-corrected chi connectivity index (χ2v) is 2.19. The lowest BCUT2D eigenvalue weighted by atomic mass is 10.2. The third kappa shape index (κ3) is 0.727. The van der Waals surface area contributed by atoms with Gasteiger partial charge < -0.3 is 9.47 Å². The first-order valence-electron chi connectivity index (χ1n) is 3.08. The standard InChI is InChI=1S/C8H7O2/c1-6-2-3-7-8(4-6)10-5-9-7/h2-4H,1,5H2. The van der Waals surface area contributed by atoms with E-state index in [1.54, 1.807) is 0 Å². The zero-order valence-corrected chi connectivity index (χ0v) is 5.46. The molecular formula is C8H7O2. The van der Waals surface area contributed by atoms with Crippen molar-refractivity contribution < 1.29 is 9.47 Å². The monoisotopic (exact) mass is 135 g/mol. The van der Waals surface area contributed by atoms with Crippen LogP contribution in [0.5, 0.6) is 11.5 Å². The van der Waals surface area contributed by atoms with Gasteiger partial charge >= 0.3 is 0 Å². The number of fused-ring (bicyclic) bond motifs is 1. The summed E-state index contributed by atoms with van der Waals surface area (Å²) in [7, 11) is 0. The van der Waals surface area contributed by atoms with Crippen LogP contribution in [0.1, 0.15) is 5.56 Å². The number of rotatable bonds is 0. The molecular weight excluding hydrogens is 128 g/mol. The van der Waals surface area contributed by atoms with Crippen molar-refractivity contribution in [2.45, 2.75) is 0 Å². The maximum Gasteiger partial charge on any atom is 0.231 e. The molecule has 0 amide bonds. The van der Waals surface area contributed by atoms with Gasteiger partial charge in [0.15, 0.2) is 11.5 Å². The largest absolute Gasteiger partial charge is 0.454 e. The average molecular weight is 135 g/mol. The molecule has 1 aliphatic heterocycles. The van der Waals surface area contributed by atoms with Crippen molar-refractivity contribution >= 4 is 0 Å². The Kier molecular flexibility index (Phi) is 1.07. The SMILES string of the molecule is [CH2]c1ccc2c(c1)OCO2. The Bertz CT molecular complexity index is 255. The van der Waals surface area contributed by atoms with E-state index in [1.807, 2.05) is 18.2 Å². The van der Waals surface area contributed by atoms with Crippen LogP contribution in [0.3, 0.4) is 0 Å². The summed E-state index contributed by atoms with van der Waals surface area (Å²) in [6.45, 7) is 4.09. The number of hydrogen-bond donors (Lipinski definition) is 0. The molecule has 0 saturated carbocycles. The molecule has 0 aromatic heterocycles. The molecule has 0 atom stereocenters. The summed E-state index contributed by atoms with van der Waals surface area (Å²) in [6, 6.07) is 5.63. The van der Waals surface area contributed by atoms with Crippen LogP contribution >= 0.6 is 0 Å². The third-order valence-corrected chi connectivity index (χ3v) is 1.44. The molecule has 0 N–H and O–H groups in total. The molecule has 51 valence electrons. The Labute approximate surface area is 59.4 Å². The van der Waals surface area contributed by atoms with Crippen LogP contribution in [-0.2, 0) is 0 Å². The number of ether oxygens (including phenoxy) is 2. The van der Waals surface area contributed by atoms with Gasteiger partial charge in [-0.25, -0.2) is 0 Å². The summed E-state index contributed by atoms with van der Waals surface area (Å²) in [4.78, 5) is 0. The minimum Gasteiger partial charge on any atom is -0.454 e. The van der Waals surface area contributed by atoms with Gasteiger partial charge in [0.1, 0.15) is 0 Å². The maximum absolute atomic E-state index is 5.12. The highest BCUT2D eigenvalue weighted by atomic mass is 16.7. The Morgan fingerprint density at radius 2 is 2.00 bits per heavy atom. The van der Waals surface area contributed by atoms with Crippen molar-refractivity contribution in [1.82, 2.24) is 0 Å². The Balaban J connectivity index is 2.52. The van der Waals surface area contributed by atoms with Crippen molar-refractivity contribution in [3.8, 4) is 11.5 Å². The Morgan fingerprint density at radius 3 is 2.90 bits per heavy atom. The molecule has 2 nitrogen and oxygen atoms in total.